The van der Waals surface area contributed by atoms with Crippen molar-refractivity contribution in [2.24, 2.45) is 5.73 Å². The van der Waals surface area contributed by atoms with Crippen LogP contribution in [0.1, 0.15) is 37.3 Å². The maximum atomic E-state index is 13.1. The minimum atomic E-state index is -3.81. The number of rotatable bonds is 9. The van der Waals surface area contributed by atoms with Crippen LogP contribution in [0.5, 0.6) is 0 Å². The molecule has 1 amide bonds. The predicted molar refractivity (Wildman–Crippen MR) is 158 cm³/mol. The molecule has 1 aromatic carbocycles. The van der Waals surface area contributed by atoms with Crippen molar-refractivity contribution in [3.05, 3.63) is 54.6 Å². The first-order valence-electron chi connectivity index (χ1n) is 13.5. The second kappa shape index (κ2) is 12.0. The Kier molecular flexibility index (Phi) is 8.34. The van der Waals surface area contributed by atoms with Crippen LogP contribution in [0.15, 0.2) is 53.8 Å². The van der Waals surface area contributed by atoms with Crippen LogP contribution in [0.2, 0.25) is 0 Å². The van der Waals surface area contributed by atoms with Gasteiger partial charge in [0.2, 0.25) is 5.96 Å². The topological polar surface area (TPSA) is 218 Å². The molecular formula is C27H34N10O5S. The van der Waals surface area contributed by atoms with Crippen molar-refractivity contribution < 1.29 is 22.7 Å². The molecule has 1 aliphatic carbocycles. The number of benzene rings is 1. The molecule has 0 atom stereocenters. The number of aromatic nitrogens is 5. The minimum absolute atomic E-state index is 0.0409. The highest BCUT2D eigenvalue weighted by Crippen LogP contribution is 2.43. The molecule has 43 heavy (non-hydrogen) atoms. The molecule has 0 aliphatic heterocycles. The van der Waals surface area contributed by atoms with Gasteiger partial charge >= 0.3 is 0 Å². The molecule has 228 valence electrons. The van der Waals surface area contributed by atoms with Gasteiger partial charge in [0.1, 0.15) is 16.3 Å². The number of amides is 1. The van der Waals surface area contributed by atoms with Gasteiger partial charge in [-0.2, -0.15) is 14.7 Å². The minimum Gasteiger partial charge on any atom is -0.382 e. The fourth-order valence-corrected chi connectivity index (χ4v) is 6.47. The highest BCUT2D eigenvalue weighted by atomic mass is 32.2. The summed E-state index contributed by atoms with van der Waals surface area (Å²) in [6.45, 7) is 0.437. The number of para-hydroxylation sites is 1. The van der Waals surface area contributed by atoms with E-state index in [9.17, 15) is 13.2 Å². The quantitative estimate of drug-likeness (QED) is 0.0783. The Labute approximate surface area is 248 Å². The van der Waals surface area contributed by atoms with Gasteiger partial charge in [-0.05, 0) is 37.8 Å². The molecule has 0 saturated heterocycles. The number of carbonyl (C=O) groups excluding carboxylic acids is 1. The van der Waals surface area contributed by atoms with Gasteiger partial charge in [-0.25, -0.2) is 18.1 Å². The number of hydrazine groups is 1. The van der Waals surface area contributed by atoms with Gasteiger partial charge in [0.15, 0.2) is 15.5 Å². The van der Waals surface area contributed by atoms with Crippen molar-refractivity contribution in [3.63, 3.8) is 0 Å². The molecular weight excluding hydrogens is 576 g/mol. The highest BCUT2D eigenvalue weighted by molar-refractivity contribution is 7.91. The number of nitrogen functional groups attached to an aromatic ring is 1. The molecule has 0 bridgehead atoms. The Morgan fingerprint density at radius 2 is 1.86 bits per heavy atom. The number of hydrogen-bond donors (Lipinski definition) is 5. The third-order valence-electron chi connectivity index (χ3n) is 7.52. The SMILES string of the molecule is COCCOC1(C(=O)NNC(=N)N)CCC(c2nc3c(-c4cnn(-c5ccccc5)c4)cnn3c(N)c2S(C)(=O)=O)CC1. The van der Waals surface area contributed by atoms with Crippen LogP contribution >= 0.6 is 0 Å². The summed E-state index contributed by atoms with van der Waals surface area (Å²) in [5.74, 6) is -1.30. The van der Waals surface area contributed by atoms with Crippen LogP contribution in [0.4, 0.5) is 5.82 Å². The Hall–Kier alpha value is -4.54. The summed E-state index contributed by atoms with van der Waals surface area (Å²) in [6.07, 6.45) is 7.45. The molecule has 3 heterocycles. The number of methoxy groups -OCH3 is 1. The number of guanidine groups is 1. The van der Waals surface area contributed by atoms with E-state index >= 15 is 0 Å². The zero-order valence-corrected chi connectivity index (χ0v) is 24.6. The third-order valence-corrected chi connectivity index (χ3v) is 8.68. The molecule has 3 aromatic heterocycles. The van der Waals surface area contributed by atoms with E-state index in [1.807, 2.05) is 36.5 Å². The second-order valence-corrected chi connectivity index (χ2v) is 12.3. The van der Waals surface area contributed by atoms with Gasteiger partial charge in [0.25, 0.3) is 5.91 Å². The molecule has 16 heteroatoms. The first kappa shape index (κ1) is 29.9. The van der Waals surface area contributed by atoms with E-state index in [4.69, 9.17) is 31.3 Å². The molecule has 1 aliphatic rings. The van der Waals surface area contributed by atoms with E-state index in [1.54, 1.807) is 17.1 Å². The maximum absolute atomic E-state index is 13.1. The lowest BCUT2D eigenvalue weighted by Crippen LogP contribution is -2.57. The zero-order chi connectivity index (χ0) is 30.8. The van der Waals surface area contributed by atoms with Crippen LogP contribution in [0, 0.1) is 5.41 Å². The monoisotopic (exact) mass is 610 g/mol. The van der Waals surface area contributed by atoms with Crippen LogP contribution < -0.4 is 22.3 Å². The molecule has 15 nitrogen and oxygen atoms in total. The number of nitrogens with zero attached hydrogens (tertiary/aromatic N) is 5. The number of ether oxygens (including phenoxy) is 2. The van der Waals surface area contributed by atoms with E-state index in [1.165, 1.54) is 11.6 Å². The molecule has 1 saturated carbocycles. The summed E-state index contributed by atoms with van der Waals surface area (Å²) in [4.78, 5) is 17.9. The van der Waals surface area contributed by atoms with Crippen LogP contribution in [-0.2, 0) is 24.1 Å². The standard InChI is InChI=1S/C27H34N10O5S/c1-41-12-13-42-27(25(38)34-35-26(29)30)10-8-17(9-11-27)21-22(43(2,39)40)23(28)37-24(33-21)20(15-32-37)18-14-31-36(16-18)19-6-4-3-5-7-19/h3-7,14-17H,8-13,28H2,1-2H3,(H,34,38)(H4,29,30,35). The van der Waals surface area contributed by atoms with Gasteiger partial charge in [0, 0.05) is 36.6 Å². The van der Waals surface area contributed by atoms with Gasteiger partial charge in [0.05, 0.1) is 37.0 Å². The number of nitrogens with one attached hydrogen (secondary N) is 3. The molecule has 0 radical (unpaired) electrons. The molecule has 4 aromatic rings. The number of fused-ring (bicyclic) bond motifs is 1. The second-order valence-electron chi connectivity index (χ2n) is 10.4. The van der Waals surface area contributed by atoms with Crippen LogP contribution in [0.3, 0.4) is 0 Å². The van der Waals surface area contributed by atoms with Gasteiger partial charge in [-0.3, -0.25) is 21.1 Å². The number of sulfone groups is 1. The normalized spacial score (nSPS) is 18.9. The van der Waals surface area contributed by atoms with E-state index in [-0.39, 0.29) is 42.7 Å². The Bertz CT molecular complexity index is 1740. The van der Waals surface area contributed by atoms with Crippen molar-refractivity contribution in [3.8, 4) is 16.8 Å². The van der Waals surface area contributed by atoms with Crippen molar-refractivity contribution in [1.29, 1.82) is 5.41 Å². The summed E-state index contributed by atoms with van der Waals surface area (Å²) in [7, 11) is -2.28. The average Bonchev–Trinajstić information content (AvgIpc) is 3.64. The van der Waals surface area contributed by atoms with Gasteiger partial charge < -0.3 is 20.9 Å². The third kappa shape index (κ3) is 6.02. The average molecular weight is 611 g/mol. The van der Waals surface area contributed by atoms with Crippen LogP contribution in [0.25, 0.3) is 22.5 Å². The first-order chi connectivity index (χ1) is 20.5. The lowest BCUT2D eigenvalue weighted by molar-refractivity contribution is -0.155. The van der Waals surface area contributed by atoms with Crippen LogP contribution in [-0.4, -0.2) is 76.8 Å². The largest absolute Gasteiger partial charge is 0.382 e. The molecule has 0 unspecified atom stereocenters. The van der Waals surface area contributed by atoms with Crippen molar-refractivity contribution in [1.82, 2.24) is 35.2 Å². The lowest BCUT2D eigenvalue weighted by Gasteiger charge is -2.38. The molecule has 1 fully saturated rings. The summed E-state index contributed by atoms with van der Waals surface area (Å²) in [6, 6.07) is 9.61. The summed E-state index contributed by atoms with van der Waals surface area (Å²) < 4.78 is 40.2. The summed E-state index contributed by atoms with van der Waals surface area (Å²) >= 11 is 0. The lowest BCUT2D eigenvalue weighted by atomic mass is 9.76. The van der Waals surface area contributed by atoms with Crippen molar-refractivity contribution in [2.45, 2.75) is 42.1 Å². The molecule has 5 rings (SSSR count). The fourth-order valence-electron chi connectivity index (χ4n) is 5.42. The van der Waals surface area contributed by atoms with E-state index in [0.29, 0.717) is 29.7 Å². The maximum Gasteiger partial charge on any atom is 0.270 e. The number of anilines is 1. The van der Waals surface area contributed by atoms with Crippen molar-refractivity contribution in [2.75, 3.05) is 32.3 Å². The Morgan fingerprint density at radius 3 is 2.51 bits per heavy atom. The van der Waals surface area contributed by atoms with E-state index < -0.39 is 27.3 Å². The smallest absolute Gasteiger partial charge is 0.270 e. The van der Waals surface area contributed by atoms with Gasteiger partial charge in [-0.15, -0.1) is 0 Å². The fraction of sp³-hybridized carbons (Fsp3) is 0.370. The first-order valence-corrected chi connectivity index (χ1v) is 15.4. The van der Waals surface area contributed by atoms with E-state index in [0.717, 1.165) is 17.5 Å². The van der Waals surface area contributed by atoms with Gasteiger partial charge in [-0.1, -0.05) is 18.2 Å². The summed E-state index contributed by atoms with van der Waals surface area (Å²) in [5.41, 5.74) is 18.2. The van der Waals surface area contributed by atoms with E-state index in [2.05, 4.69) is 21.0 Å². The number of nitrogens with two attached hydrogens (primary N) is 2. The van der Waals surface area contributed by atoms with Crippen molar-refractivity contribution >= 4 is 33.2 Å². The number of hydrogen-bond acceptors (Lipinski definition) is 10. The molecule has 7 N–H and O–H groups in total. The zero-order valence-electron chi connectivity index (χ0n) is 23.8. The Morgan fingerprint density at radius 1 is 1.14 bits per heavy atom. The predicted octanol–water partition coefficient (Wildman–Crippen LogP) is 1.14. The molecule has 0 spiro atoms. The Balaban J connectivity index is 1.51. The number of carbonyl (C=O) groups is 1. The summed E-state index contributed by atoms with van der Waals surface area (Å²) in [5, 5.41) is 16.2. The highest BCUT2D eigenvalue weighted by Gasteiger charge is 2.45.